The predicted molar refractivity (Wildman–Crippen MR) is 60.0 cm³/mol. The molecule has 0 unspecified atom stereocenters. The Balaban J connectivity index is 1.92. The summed E-state index contributed by atoms with van der Waals surface area (Å²) in [4.78, 5) is 14.1. The maximum atomic E-state index is 11.7. The van der Waals surface area contributed by atoms with E-state index < -0.39 is 0 Å². The molecule has 0 N–H and O–H groups in total. The Hall–Kier alpha value is -1.03. The zero-order chi connectivity index (χ0) is 10.7. The van der Waals surface area contributed by atoms with E-state index in [0.717, 1.165) is 19.6 Å². The minimum absolute atomic E-state index is 0.122. The van der Waals surface area contributed by atoms with Gasteiger partial charge in [0.1, 0.15) is 0 Å². The van der Waals surface area contributed by atoms with Crippen LogP contribution in [0.3, 0.4) is 0 Å². The van der Waals surface area contributed by atoms with Gasteiger partial charge in [-0.3, -0.25) is 9.13 Å². The fourth-order valence-corrected chi connectivity index (χ4v) is 2.12. The Morgan fingerprint density at radius 1 is 1.13 bits per heavy atom. The lowest BCUT2D eigenvalue weighted by Crippen LogP contribution is -2.29. The highest BCUT2D eigenvalue weighted by Gasteiger charge is 2.11. The van der Waals surface area contributed by atoms with Gasteiger partial charge in [-0.05, 0) is 32.9 Å². The summed E-state index contributed by atoms with van der Waals surface area (Å²) in [5.41, 5.74) is 0.122. The summed E-state index contributed by atoms with van der Waals surface area (Å²) < 4.78 is 3.55. The van der Waals surface area contributed by atoms with E-state index in [4.69, 9.17) is 0 Å². The second kappa shape index (κ2) is 4.66. The van der Waals surface area contributed by atoms with Crippen molar-refractivity contribution >= 4 is 0 Å². The molecular formula is C11H19N3O. The van der Waals surface area contributed by atoms with Crippen LogP contribution >= 0.6 is 0 Å². The molecule has 15 heavy (non-hydrogen) atoms. The number of hydrogen-bond donors (Lipinski definition) is 0. The standard InChI is InChI=1S/C11H19N3O/c1-2-13-9-10-14(11(13)15)8-7-12-5-3-4-6-12/h9-10H,2-8H2,1H3. The molecule has 1 aliphatic heterocycles. The molecule has 0 atom stereocenters. The fourth-order valence-electron chi connectivity index (χ4n) is 2.12. The maximum absolute atomic E-state index is 11.7. The molecule has 0 spiro atoms. The number of aryl methyl sites for hydroxylation is 1. The van der Waals surface area contributed by atoms with Crippen LogP contribution in [0.1, 0.15) is 19.8 Å². The van der Waals surface area contributed by atoms with Crippen LogP contribution in [0.2, 0.25) is 0 Å². The minimum atomic E-state index is 0.122. The first-order chi connectivity index (χ1) is 7.31. The van der Waals surface area contributed by atoms with Crippen LogP contribution in [0.25, 0.3) is 0 Å². The second-order valence-corrected chi connectivity index (χ2v) is 4.11. The number of imidazole rings is 1. The van der Waals surface area contributed by atoms with Gasteiger partial charge in [0.15, 0.2) is 0 Å². The van der Waals surface area contributed by atoms with Crippen molar-refractivity contribution in [3.05, 3.63) is 22.9 Å². The van der Waals surface area contributed by atoms with E-state index in [9.17, 15) is 4.79 Å². The van der Waals surface area contributed by atoms with E-state index in [1.54, 1.807) is 4.57 Å². The number of aromatic nitrogens is 2. The lowest BCUT2D eigenvalue weighted by Gasteiger charge is -2.13. The molecule has 84 valence electrons. The third-order valence-electron chi connectivity index (χ3n) is 3.11. The molecule has 0 radical (unpaired) electrons. The zero-order valence-corrected chi connectivity index (χ0v) is 9.35. The van der Waals surface area contributed by atoms with Crippen molar-refractivity contribution in [1.82, 2.24) is 14.0 Å². The number of likely N-dealkylation sites (tertiary alicyclic amines) is 1. The zero-order valence-electron chi connectivity index (χ0n) is 9.35. The first-order valence-corrected chi connectivity index (χ1v) is 5.79. The highest BCUT2D eigenvalue weighted by molar-refractivity contribution is 4.81. The van der Waals surface area contributed by atoms with E-state index in [-0.39, 0.29) is 5.69 Å². The quantitative estimate of drug-likeness (QED) is 0.733. The first-order valence-electron chi connectivity index (χ1n) is 5.79. The summed E-state index contributed by atoms with van der Waals surface area (Å²) >= 11 is 0. The van der Waals surface area contributed by atoms with Gasteiger partial charge >= 0.3 is 5.69 Å². The topological polar surface area (TPSA) is 30.2 Å². The molecule has 1 aromatic rings. The number of rotatable bonds is 4. The maximum Gasteiger partial charge on any atom is 0.328 e. The molecule has 2 rings (SSSR count). The summed E-state index contributed by atoms with van der Waals surface area (Å²) in [6, 6.07) is 0. The van der Waals surface area contributed by atoms with Crippen LogP contribution in [0.15, 0.2) is 17.2 Å². The third kappa shape index (κ3) is 2.31. The molecular weight excluding hydrogens is 190 g/mol. The molecule has 2 heterocycles. The normalized spacial score (nSPS) is 17.4. The lowest BCUT2D eigenvalue weighted by molar-refractivity contribution is 0.320. The van der Waals surface area contributed by atoms with Gasteiger partial charge in [-0.15, -0.1) is 0 Å². The van der Waals surface area contributed by atoms with Crippen molar-refractivity contribution in [2.24, 2.45) is 0 Å². The average Bonchev–Trinajstić information content (AvgIpc) is 2.85. The third-order valence-corrected chi connectivity index (χ3v) is 3.11. The molecule has 0 aromatic carbocycles. The highest BCUT2D eigenvalue weighted by Crippen LogP contribution is 2.06. The molecule has 1 fully saturated rings. The van der Waals surface area contributed by atoms with Crippen LogP contribution in [0, 0.1) is 0 Å². The Morgan fingerprint density at radius 2 is 1.80 bits per heavy atom. The molecule has 1 saturated heterocycles. The van der Waals surface area contributed by atoms with Gasteiger partial charge in [0.05, 0.1) is 0 Å². The fraction of sp³-hybridized carbons (Fsp3) is 0.727. The van der Waals surface area contributed by atoms with E-state index >= 15 is 0 Å². The van der Waals surface area contributed by atoms with Gasteiger partial charge in [-0.25, -0.2) is 4.79 Å². The van der Waals surface area contributed by atoms with Gasteiger partial charge in [-0.2, -0.15) is 0 Å². The Labute approximate surface area is 90.1 Å². The van der Waals surface area contributed by atoms with Gasteiger partial charge in [0.2, 0.25) is 0 Å². The van der Waals surface area contributed by atoms with Crippen LogP contribution < -0.4 is 5.69 Å². The van der Waals surface area contributed by atoms with Crippen molar-refractivity contribution in [2.75, 3.05) is 19.6 Å². The average molecular weight is 209 g/mol. The molecule has 1 aromatic heterocycles. The molecule has 4 heteroatoms. The first kappa shape index (κ1) is 10.5. The van der Waals surface area contributed by atoms with Crippen LogP contribution in [0.4, 0.5) is 0 Å². The largest absolute Gasteiger partial charge is 0.328 e. The molecule has 0 amide bonds. The molecule has 0 saturated carbocycles. The highest BCUT2D eigenvalue weighted by atomic mass is 16.1. The van der Waals surface area contributed by atoms with E-state index in [1.807, 2.05) is 23.9 Å². The minimum Gasteiger partial charge on any atom is -0.302 e. The van der Waals surface area contributed by atoms with Crippen LogP contribution in [-0.4, -0.2) is 33.7 Å². The number of hydrogen-bond acceptors (Lipinski definition) is 2. The monoisotopic (exact) mass is 209 g/mol. The van der Waals surface area contributed by atoms with Crippen LogP contribution in [-0.2, 0) is 13.1 Å². The van der Waals surface area contributed by atoms with E-state index in [0.29, 0.717) is 0 Å². The van der Waals surface area contributed by atoms with Gasteiger partial charge in [-0.1, -0.05) is 0 Å². The van der Waals surface area contributed by atoms with Crippen molar-refractivity contribution in [1.29, 1.82) is 0 Å². The van der Waals surface area contributed by atoms with Crippen molar-refractivity contribution < 1.29 is 0 Å². The summed E-state index contributed by atoms with van der Waals surface area (Å²) in [5, 5.41) is 0. The number of nitrogens with zero attached hydrogens (tertiary/aromatic N) is 3. The molecule has 1 aliphatic rings. The summed E-state index contributed by atoms with van der Waals surface area (Å²) in [6.07, 6.45) is 6.38. The summed E-state index contributed by atoms with van der Waals surface area (Å²) in [6.45, 7) is 6.98. The SMILES string of the molecule is CCn1ccn(CCN2CCCC2)c1=O. The van der Waals surface area contributed by atoms with Crippen molar-refractivity contribution in [3.63, 3.8) is 0 Å². The Morgan fingerprint density at radius 3 is 2.40 bits per heavy atom. The van der Waals surface area contributed by atoms with Crippen LogP contribution in [0.5, 0.6) is 0 Å². The summed E-state index contributed by atoms with van der Waals surface area (Å²) in [5.74, 6) is 0. The molecule has 0 bridgehead atoms. The van der Waals surface area contributed by atoms with Gasteiger partial charge in [0, 0.05) is 32.0 Å². The van der Waals surface area contributed by atoms with E-state index in [1.165, 1.54) is 25.9 Å². The van der Waals surface area contributed by atoms with Crippen molar-refractivity contribution in [3.8, 4) is 0 Å². The summed E-state index contributed by atoms with van der Waals surface area (Å²) in [7, 11) is 0. The molecule has 0 aliphatic carbocycles. The second-order valence-electron chi connectivity index (χ2n) is 4.11. The predicted octanol–water partition coefficient (Wildman–Crippen LogP) is 0.766. The Bertz CT molecular complexity index is 360. The van der Waals surface area contributed by atoms with Crippen molar-refractivity contribution in [2.45, 2.75) is 32.9 Å². The molecule has 4 nitrogen and oxygen atoms in total. The smallest absolute Gasteiger partial charge is 0.302 e. The van der Waals surface area contributed by atoms with Gasteiger partial charge in [0.25, 0.3) is 0 Å². The van der Waals surface area contributed by atoms with E-state index in [2.05, 4.69) is 4.90 Å². The Kier molecular flexibility index (Phi) is 3.26. The lowest BCUT2D eigenvalue weighted by atomic mass is 10.4. The van der Waals surface area contributed by atoms with Gasteiger partial charge < -0.3 is 4.90 Å².